The zero-order chi connectivity index (χ0) is 26.6. The molecule has 0 radical (unpaired) electrons. The first-order chi connectivity index (χ1) is 17.2. The number of allylic oxidation sites excluding steroid dienone is 3. The number of aromatic nitrogens is 4. The Kier molecular flexibility index (Phi) is 7.93. The molecule has 3 heterocycles. The Hall–Kier alpha value is -4.40. The number of H-pyrrole nitrogens is 1. The van der Waals surface area contributed by atoms with Crippen molar-refractivity contribution in [3.63, 3.8) is 0 Å². The molecule has 4 aromatic rings. The standard InChI is InChI=1S/C25H25FN6O2.C2H6/c1-5-17(26)22(6-2)34-23-8-14(4)21(12-29-23)32-25(28)16(11-30-32)24(33)20-9-15-7-13(3)18(27)10-19(15)31-20;1-2/h5-12,31H,27-28H2,1-4H3;1-2H3/b17-5+,22-6+;. The Labute approximate surface area is 209 Å². The lowest BCUT2D eigenvalue weighted by molar-refractivity contribution is 0.103. The van der Waals surface area contributed by atoms with Crippen LogP contribution in [0.15, 0.2) is 60.4 Å². The van der Waals surface area contributed by atoms with Crippen LogP contribution in [0.25, 0.3) is 16.6 Å². The van der Waals surface area contributed by atoms with Crippen LogP contribution in [0.5, 0.6) is 5.88 Å². The molecule has 0 aliphatic rings. The molecule has 4 rings (SSSR count). The summed E-state index contributed by atoms with van der Waals surface area (Å²) in [7, 11) is 0. The van der Waals surface area contributed by atoms with Gasteiger partial charge in [-0.05, 0) is 69.2 Å². The minimum absolute atomic E-state index is 0.0731. The van der Waals surface area contributed by atoms with Crippen LogP contribution in [-0.4, -0.2) is 25.5 Å². The third-order valence-corrected chi connectivity index (χ3v) is 5.55. The van der Waals surface area contributed by atoms with Crippen molar-refractivity contribution in [1.29, 1.82) is 0 Å². The molecule has 0 spiro atoms. The number of halogens is 1. The lowest BCUT2D eigenvalue weighted by Gasteiger charge is -2.11. The summed E-state index contributed by atoms with van der Waals surface area (Å²) in [5.41, 5.74) is 16.6. The minimum atomic E-state index is -0.486. The fraction of sp³-hybridized carbons (Fsp3) is 0.222. The maximum Gasteiger partial charge on any atom is 0.219 e. The highest BCUT2D eigenvalue weighted by Gasteiger charge is 2.21. The van der Waals surface area contributed by atoms with Crippen molar-refractivity contribution in [1.82, 2.24) is 19.7 Å². The highest BCUT2D eigenvalue weighted by Crippen LogP contribution is 2.27. The van der Waals surface area contributed by atoms with E-state index >= 15 is 0 Å². The Balaban J connectivity index is 0.00000176. The molecule has 8 nitrogen and oxygen atoms in total. The molecule has 0 aliphatic carbocycles. The molecule has 0 fully saturated rings. The van der Waals surface area contributed by atoms with Crippen LogP contribution in [0.4, 0.5) is 15.9 Å². The summed E-state index contributed by atoms with van der Waals surface area (Å²) >= 11 is 0. The van der Waals surface area contributed by atoms with E-state index < -0.39 is 5.83 Å². The van der Waals surface area contributed by atoms with Gasteiger partial charge in [0.2, 0.25) is 11.7 Å². The van der Waals surface area contributed by atoms with E-state index in [-0.39, 0.29) is 28.8 Å². The summed E-state index contributed by atoms with van der Waals surface area (Å²) in [6.45, 7) is 11.0. The number of hydrogen-bond donors (Lipinski definition) is 3. The Morgan fingerprint density at radius 2 is 1.78 bits per heavy atom. The molecule has 0 saturated heterocycles. The van der Waals surface area contributed by atoms with E-state index in [9.17, 15) is 9.18 Å². The van der Waals surface area contributed by atoms with Crippen LogP contribution < -0.4 is 16.2 Å². The summed E-state index contributed by atoms with van der Waals surface area (Å²) in [5.74, 6) is -0.307. The molecule has 36 heavy (non-hydrogen) atoms. The highest BCUT2D eigenvalue weighted by molar-refractivity contribution is 6.12. The van der Waals surface area contributed by atoms with Gasteiger partial charge in [-0.2, -0.15) is 5.10 Å². The average Bonchev–Trinajstić information content (AvgIpc) is 3.46. The highest BCUT2D eigenvalue weighted by atomic mass is 19.1. The van der Waals surface area contributed by atoms with E-state index in [1.165, 1.54) is 29.2 Å². The van der Waals surface area contributed by atoms with Crippen molar-refractivity contribution in [2.75, 3.05) is 11.5 Å². The third kappa shape index (κ3) is 5.00. The first-order valence-electron chi connectivity index (χ1n) is 11.6. The minimum Gasteiger partial charge on any atom is -0.436 e. The maximum atomic E-state index is 13.9. The SMILES string of the molecule is C/C=C(F)\C(=C/C)Oc1cc(C)c(-n2ncc(C(=O)c3cc4cc(C)c(N)cc4[nH]3)c2N)cn1.CC. The molecular formula is C27H31FN6O2. The average molecular weight is 491 g/mol. The van der Waals surface area contributed by atoms with Gasteiger partial charge in [0.25, 0.3) is 0 Å². The second-order valence-electron chi connectivity index (χ2n) is 7.86. The Morgan fingerprint density at radius 1 is 1.06 bits per heavy atom. The number of fused-ring (bicyclic) bond motifs is 1. The monoisotopic (exact) mass is 490 g/mol. The number of aromatic amines is 1. The van der Waals surface area contributed by atoms with Gasteiger partial charge in [0.15, 0.2) is 11.6 Å². The fourth-order valence-corrected chi connectivity index (χ4v) is 3.60. The van der Waals surface area contributed by atoms with Crippen LogP contribution in [0.1, 0.15) is 54.9 Å². The predicted molar refractivity (Wildman–Crippen MR) is 142 cm³/mol. The van der Waals surface area contributed by atoms with Crippen molar-refractivity contribution in [2.45, 2.75) is 41.5 Å². The van der Waals surface area contributed by atoms with Crippen molar-refractivity contribution in [3.8, 4) is 11.6 Å². The van der Waals surface area contributed by atoms with Crippen LogP contribution in [0.3, 0.4) is 0 Å². The van der Waals surface area contributed by atoms with Gasteiger partial charge >= 0.3 is 0 Å². The molecule has 0 atom stereocenters. The molecule has 0 saturated carbocycles. The van der Waals surface area contributed by atoms with Gasteiger partial charge in [-0.3, -0.25) is 4.79 Å². The Morgan fingerprint density at radius 3 is 2.42 bits per heavy atom. The first-order valence-corrected chi connectivity index (χ1v) is 11.6. The number of ether oxygens (including phenoxy) is 1. The summed E-state index contributed by atoms with van der Waals surface area (Å²) < 4.78 is 20.9. The van der Waals surface area contributed by atoms with Gasteiger partial charge in [-0.25, -0.2) is 14.1 Å². The molecule has 0 amide bonds. The quantitative estimate of drug-likeness (QED) is 0.133. The van der Waals surface area contributed by atoms with E-state index in [1.54, 1.807) is 32.0 Å². The maximum absolute atomic E-state index is 13.9. The van der Waals surface area contributed by atoms with E-state index in [4.69, 9.17) is 16.2 Å². The van der Waals surface area contributed by atoms with Crippen LogP contribution in [0, 0.1) is 13.8 Å². The van der Waals surface area contributed by atoms with Crippen molar-refractivity contribution < 1.29 is 13.9 Å². The largest absolute Gasteiger partial charge is 0.436 e. The second-order valence-corrected chi connectivity index (χ2v) is 7.86. The van der Waals surface area contributed by atoms with Gasteiger partial charge in [-0.1, -0.05) is 13.8 Å². The number of carbonyl (C=O) groups excluding carboxylic acids is 1. The van der Waals surface area contributed by atoms with Gasteiger partial charge in [0.05, 0.1) is 29.3 Å². The third-order valence-electron chi connectivity index (χ3n) is 5.55. The number of aryl methyl sites for hydroxylation is 2. The number of nitrogens with zero attached hydrogens (tertiary/aromatic N) is 3. The van der Waals surface area contributed by atoms with Crippen LogP contribution in [-0.2, 0) is 0 Å². The molecule has 0 aliphatic heterocycles. The number of anilines is 2. The van der Waals surface area contributed by atoms with Crippen LogP contribution in [0.2, 0.25) is 0 Å². The van der Waals surface area contributed by atoms with E-state index in [0.29, 0.717) is 17.1 Å². The summed E-state index contributed by atoms with van der Waals surface area (Å²) in [6.07, 6.45) is 5.76. The number of pyridine rings is 1. The number of nitrogens with two attached hydrogens (primary N) is 2. The topological polar surface area (TPSA) is 125 Å². The number of benzene rings is 1. The zero-order valence-corrected chi connectivity index (χ0v) is 21.3. The second kappa shape index (κ2) is 10.9. The molecule has 3 aromatic heterocycles. The summed E-state index contributed by atoms with van der Waals surface area (Å²) in [4.78, 5) is 20.5. The lowest BCUT2D eigenvalue weighted by Crippen LogP contribution is -2.09. The molecule has 1 aromatic carbocycles. The molecule has 0 bridgehead atoms. The van der Waals surface area contributed by atoms with E-state index in [0.717, 1.165) is 22.0 Å². The summed E-state index contributed by atoms with van der Waals surface area (Å²) in [6, 6.07) is 7.14. The number of hydrogen-bond acceptors (Lipinski definition) is 6. The molecule has 0 unspecified atom stereocenters. The van der Waals surface area contributed by atoms with Gasteiger partial charge < -0.3 is 21.2 Å². The van der Waals surface area contributed by atoms with Gasteiger partial charge in [-0.15, -0.1) is 0 Å². The number of ketones is 1. The van der Waals surface area contributed by atoms with E-state index in [2.05, 4.69) is 15.1 Å². The van der Waals surface area contributed by atoms with Gasteiger partial charge in [0.1, 0.15) is 5.82 Å². The number of rotatable bonds is 6. The molecule has 9 heteroatoms. The van der Waals surface area contributed by atoms with E-state index in [1.807, 2.05) is 33.8 Å². The predicted octanol–water partition coefficient (Wildman–Crippen LogP) is 5.94. The van der Waals surface area contributed by atoms with Gasteiger partial charge in [0, 0.05) is 22.7 Å². The number of nitrogens with one attached hydrogen (secondary N) is 1. The van der Waals surface area contributed by atoms with Crippen molar-refractivity contribution in [2.24, 2.45) is 0 Å². The smallest absolute Gasteiger partial charge is 0.219 e. The lowest BCUT2D eigenvalue weighted by atomic mass is 10.1. The first kappa shape index (κ1) is 26.2. The van der Waals surface area contributed by atoms with Crippen LogP contribution >= 0.6 is 0 Å². The number of nitrogen functional groups attached to an aromatic ring is 2. The normalized spacial score (nSPS) is 11.9. The van der Waals surface area contributed by atoms with Crippen molar-refractivity contribution >= 4 is 28.2 Å². The molecule has 5 N–H and O–H groups in total. The molecular weight excluding hydrogens is 459 g/mol. The molecule has 188 valence electrons. The number of carbonyl (C=O) groups is 1. The zero-order valence-electron chi connectivity index (χ0n) is 21.3. The fourth-order valence-electron chi connectivity index (χ4n) is 3.60. The Bertz CT molecular complexity index is 1440. The summed E-state index contributed by atoms with van der Waals surface area (Å²) in [5, 5.41) is 5.18. The van der Waals surface area contributed by atoms with Crippen molar-refractivity contribution in [3.05, 3.63) is 82.8 Å².